The number of fused-ring (bicyclic) bond motifs is 2. The minimum Gasteiger partial charge on any atom is -0.481 e. The standard InChI is InChI=1S/C25H24FO2S/c1-25(17-18-12-15-24(25)27-18)28-23-16-21(13-14-22(23)26)29(19-8-4-2-5-9-19)20-10-6-3-7-11-20/h2-11,13-14,16,18,24H,12,15,17H2,1H3/q+1. The van der Waals surface area contributed by atoms with Crippen molar-refractivity contribution in [3.8, 4) is 5.75 Å². The van der Waals surface area contributed by atoms with Gasteiger partial charge in [0.25, 0.3) is 0 Å². The summed E-state index contributed by atoms with van der Waals surface area (Å²) in [7, 11) is -0.330. The second-order valence-electron chi connectivity index (χ2n) is 7.97. The van der Waals surface area contributed by atoms with Crippen LogP contribution in [0.2, 0.25) is 0 Å². The van der Waals surface area contributed by atoms with Crippen LogP contribution >= 0.6 is 0 Å². The summed E-state index contributed by atoms with van der Waals surface area (Å²) in [4.78, 5) is 3.45. The lowest BCUT2D eigenvalue weighted by atomic mass is 9.86. The Morgan fingerprint density at radius 2 is 1.55 bits per heavy atom. The summed E-state index contributed by atoms with van der Waals surface area (Å²) in [5, 5.41) is 0. The van der Waals surface area contributed by atoms with Crippen LogP contribution in [0.1, 0.15) is 26.2 Å². The van der Waals surface area contributed by atoms with Gasteiger partial charge in [-0.1, -0.05) is 36.4 Å². The largest absolute Gasteiger partial charge is 0.481 e. The van der Waals surface area contributed by atoms with E-state index in [0.717, 1.165) is 24.2 Å². The third-order valence-electron chi connectivity index (χ3n) is 5.86. The summed E-state index contributed by atoms with van der Waals surface area (Å²) >= 11 is 0. The maximum absolute atomic E-state index is 14.7. The fraction of sp³-hybridized carbons (Fsp3) is 0.280. The molecule has 0 radical (unpaired) electrons. The van der Waals surface area contributed by atoms with Gasteiger partial charge in [-0.25, -0.2) is 4.39 Å². The Labute approximate surface area is 174 Å². The van der Waals surface area contributed by atoms with E-state index in [1.165, 1.54) is 15.9 Å². The fourth-order valence-corrected chi connectivity index (χ4v) is 6.56. The van der Waals surface area contributed by atoms with Gasteiger partial charge in [0.2, 0.25) is 0 Å². The van der Waals surface area contributed by atoms with Gasteiger partial charge < -0.3 is 9.47 Å². The molecule has 2 bridgehead atoms. The average molecular weight is 408 g/mol. The third-order valence-corrected chi connectivity index (χ3v) is 8.07. The molecule has 0 saturated carbocycles. The molecule has 2 aliphatic rings. The van der Waals surface area contributed by atoms with Crippen molar-refractivity contribution in [3.63, 3.8) is 0 Å². The van der Waals surface area contributed by atoms with Crippen molar-refractivity contribution in [3.05, 3.63) is 84.7 Å². The Morgan fingerprint density at radius 1 is 0.897 bits per heavy atom. The van der Waals surface area contributed by atoms with Gasteiger partial charge in [0.1, 0.15) is 5.60 Å². The molecule has 2 aliphatic heterocycles. The van der Waals surface area contributed by atoms with E-state index in [9.17, 15) is 4.39 Å². The van der Waals surface area contributed by atoms with Crippen LogP contribution in [0.25, 0.3) is 0 Å². The number of hydrogen-bond acceptors (Lipinski definition) is 2. The van der Waals surface area contributed by atoms with Crippen LogP contribution in [-0.2, 0) is 15.6 Å². The van der Waals surface area contributed by atoms with E-state index in [4.69, 9.17) is 9.47 Å². The molecule has 2 fully saturated rings. The van der Waals surface area contributed by atoms with Crippen LogP contribution in [0.5, 0.6) is 5.75 Å². The number of hydrogen-bond donors (Lipinski definition) is 0. The van der Waals surface area contributed by atoms with Gasteiger partial charge in [-0.05, 0) is 56.2 Å². The number of ether oxygens (including phenoxy) is 2. The van der Waals surface area contributed by atoms with E-state index in [0.29, 0.717) is 5.75 Å². The van der Waals surface area contributed by atoms with E-state index in [-0.39, 0.29) is 28.9 Å². The molecular weight excluding hydrogens is 383 g/mol. The zero-order valence-electron chi connectivity index (χ0n) is 16.4. The molecule has 3 aromatic rings. The van der Waals surface area contributed by atoms with Gasteiger partial charge in [-0.15, -0.1) is 0 Å². The molecule has 148 valence electrons. The molecule has 3 aromatic carbocycles. The minimum atomic E-state index is -0.458. The molecule has 3 unspecified atom stereocenters. The zero-order valence-corrected chi connectivity index (χ0v) is 17.2. The van der Waals surface area contributed by atoms with E-state index >= 15 is 0 Å². The first-order valence-corrected chi connectivity index (χ1v) is 11.3. The molecule has 0 aliphatic carbocycles. The topological polar surface area (TPSA) is 18.5 Å². The van der Waals surface area contributed by atoms with Crippen molar-refractivity contribution in [2.45, 2.75) is 58.7 Å². The van der Waals surface area contributed by atoms with Gasteiger partial charge in [-0.3, -0.25) is 0 Å². The lowest BCUT2D eigenvalue weighted by Crippen LogP contribution is -2.42. The van der Waals surface area contributed by atoms with Crippen molar-refractivity contribution >= 4 is 10.9 Å². The third kappa shape index (κ3) is 3.56. The van der Waals surface area contributed by atoms with Crippen LogP contribution in [0.3, 0.4) is 0 Å². The van der Waals surface area contributed by atoms with Crippen LogP contribution in [-0.4, -0.2) is 17.8 Å². The SMILES string of the molecule is CC1(Oc2cc([S+](c3ccccc3)c3ccccc3)ccc2F)CC2CCC1O2. The van der Waals surface area contributed by atoms with Crippen molar-refractivity contribution in [2.24, 2.45) is 0 Å². The highest BCUT2D eigenvalue weighted by molar-refractivity contribution is 7.97. The first kappa shape index (κ1) is 18.7. The lowest BCUT2D eigenvalue weighted by molar-refractivity contribution is 0.00203. The summed E-state index contributed by atoms with van der Waals surface area (Å²) in [6.07, 6.45) is 3.19. The molecule has 0 spiro atoms. The summed E-state index contributed by atoms with van der Waals surface area (Å²) in [5.41, 5.74) is -0.458. The maximum Gasteiger partial charge on any atom is 0.170 e. The second kappa shape index (κ2) is 7.51. The van der Waals surface area contributed by atoms with Gasteiger partial charge in [-0.2, -0.15) is 0 Å². The van der Waals surface area contributed by atoms with Crippen LogP contribution in [0.15, 0.2) is 93.5 Å². The molecule has 3 atom stereocenters. The molecule has 2 nitrogen and oxygen atoms in total. The Bertz CT molecular complexity index is 955. The summed E-state index contributed by atoms with van der Waals surface area (Å²) in [6.45, 7) is 2.05. The van der Waals surface area contributed by atoms with Gasteiger partial charge in [0.15, 0.2) is 26.3 Å². The van der Waals surface area contributed by atoms with Gasteiger partial charge >= 0.3 is 0 Å². The summed E-state index contributed by atoms with van der Waals surface area (Å²) in [5.74, 6) is 0.00735. The van der Waals surface area contributed by atoms with E-state index in [1.807, 2.05) is 48.5 Å². The second-order valence-corrected chi connectivity index (χ2v) is 9.99. The minimum absolute atomic E-state index is 0.0528. The van der Waals surface area contributed by atoms with Crippen molar-refractivity contribution in [2.75, 3.05) is 0 Å². The predicted octanol–water partition coefficient (Wildman–Crippen LogP) is 6.01. The van der Waals surface area contributed by atoms with Crippen molar-refractivity contribution in [1.82, 2.24) is 0 Å². The van der Waals surface area contributed by atoms with E-state index in [1.54, 1.807) is 0 Å². The highest BCUT2D eigenvalue weighted by atomic mass is 32.2. The Hall–Kier alpha value is -2.30. The first-order valence-electron chi connectivity index (χ1n) is 10.1. The normalized spacial score (nSPS) is 25.5. The summed E-state index contributed by atoms with van der Waals surface area (Å²) in [6, 6.07) is 26.1. The maximum atomic E-state index is 14.7. The molecule has 29 heavy (non-hydrogen) atoms. The number of rotatable bonds is 5. The smallest absolute Gasteiger partial charge is 0.170 e. The highest BCUT2D eigenvalue weighted by Crippen LogP contribution is 2.45. The average Bonchev–Trinajstić information content (AvgIpc) is 3.33. The molecule has 2 saturated heterocycles. The quantitative estimate of drug-likeness (QED) is 0.482. The molecule has 0 amide bonds. The molecule has 0 aromatic heterocycles. The van der Waals surface area contributed by atoms with Gasteiger partial charge in [0.05, 0.1) is 23.1 Å². The first-order chi connectivity index (χ1) is 14.1. The van der Waals surface area contributed by atoms with Gasteiger partial charge in [0, 0.05) is 12.5 Å². The number of benzene rings is 3. The van der Waals surface area contributed by atoms with Crippen molar-refractivity contribution < 1.29 is 13.9 Å². The predicted molar refractivity (Wildman–Crippen MR) is 113 cm³/mol. The van der Waals surface area contributed by atoms with Crippen LogP contribution in [0.4, 0.5) is 4.39 Å². The fourth-order valence-electron chi connectivity index (χ4n) is 4.46. The Morgan fingerprint density at radius 3 is 2.10 bits per heavy atom. The van der Waals surface area contributed by atoms with Crippen LogP contribution in [0, 0.1) is 5.82 Å². The van der Waals surface area contributed by atoms with E-state index < -0.39 is 5.60 Å². The molecule has 2 heterocycles. The molecular formula is C25H24FO2S+. The van der Waals surface area contributed by atoms with Crippen molar-refractivity contribution in [1.29, 1.82) is 0 Å². The lowest BCUT2D eigenvalue weighted by Gasteiger charge is -2.32. The zero-order chi connectivity index (χ0) is 19.8. The molecule has 4 heteroatoms. The Balaban J connectivity index is 1.53. The van der Waals surface area contributed by atoms with E-state index in [2.05, 4.69) is 31.2 Å². The van der Waals surface area contributed by atoms with Crippen LogP contribution < -0.4 is 4.74 Å². The Kier molecular flexibility index (Phi) is 4.84. The molecule has 5 rings (SSSR count). The molecule has 0 N–H and O–H groups in total. The highest BCUT2D eigenvalue weighted by Gasteiger charge is 2.51. The summed E-state index contributed by atoms with van der Waals surface area (Å²) < 4.78 is 27.0. The monoisotopic (exact) mass is 407 g/mol. The number of halogens is 1.